The van der Waals surface area contributed by atoms with Crippen LogP contribution in [0.4, 0.5) is 9.52 Å². The number of hydrogen-bond acceptors (Lipinski definition) is 5. The van der Waals surface area contributed by atoms with Gasteiger partial charge in [-0.25, -0.2) is 9.37 Å². The number of ether oxygens (including phenoxy) is 1. The summed E-state index contributed by atoms with van der Waals surface area (Å²) in [6.07, 6.45) is 3.01. The number of anilines is 1. The van der Waals surface area contributed by atoms with Gasteiger partial charge < -0.3 is 10.1 Å². The lowest BCUT2D eigenvalue weighted by Crippen LogP contribution is -2.17. The summed E-state index contributed by atoms with van der Waals surface area (Å²) in [6, 6.07) is 11.4. The molecule has 0 spiro atoms. The Morgan fingerprint density at radius 3 is 2.59 bits per heavy atom. The van der Waals surface area contributed by atoms with Crippen molar-refractivity contribution in [3.05, 3.63) is 70.9 Å². The zero-order chi connectivity index (χ0) is 20.8. The van der Waals surface area contributed by atoms with E-state index in [1.807, 2.05) is 0 Å². The molecule has 1 aromatic heterocycles. The van der Waals surface area contributed by atoms with Crippen LogP contribution < -0.4 is 15.4 Å². The standard InChI is InChI=1S/C21H18FN3O3S/c1-23-20(27)14-6-3-13(4-7-14)5-10-19(26)25-21-24-17(12-29-21)15-8-9-18(28-2)16(22)11-15/h3-12H,1-2H3,(H,23,27)(H,24,25,26)/b10-5+. The molecule has 2 N–H and O–H groups in total. The van der Waals surface area contributed by atoms with Gasteiger partial charge in [-0.2, -0.15) is 0 Å². The SMILES string of the molecule is CNC(=O)c1ccc(/C=C/C(=O)Nc2nc(-c3ccc(OC)c(F)c3)cs2)cc1. The first kappa shape index (κ1) is 20.2. The van der Waals surface area contributed by atoms with Crippen LogP contribution in [-0.4, -0.2) is 31.0 Å². The van der Waals surface area contributed by atoms with Gasteiger partial charge in [0.05, 0.1) is 12.8 Å². The van der Waals surface area contributed by atoms with Gasteiger partial charge in [-0.3, -0.25) is 14.9 Å². The Balaban J connectivity index is 1.63. The minimum absolute atomic E-state index is 0.158. The molecule has 6 nitrogen and oxygen atoms in total. The summed E-state index contributed by atoms with van der Waals surface area (Å²) < 4.78 is 18.8. The van der Waals surface area contributed by atoms with E-state index in [0.717, 1.165) is 5.56 Å². The largest absolute Gasteiger partial charge is 0.494 e. The topological polar surface area (TPSA) is 80.3 Å². The summed E-state index contributed by atoms with van der Waals surface area (Å²) in [4.78, 5) is 28.0. The Hall–Kier alpha value is -3.52. The third kappa shape index (κ3) is 5.05. The minimum Gasteiger partial charge on any atom is -0.494 e. The molecular formula is C21H18FN3O3S. The third-order valence-corrected chi connectivity index (χ3v) is 4.77. The van der Waals surface area contributed by atoms with Crippen LogP contribution in [0.1, 0.15) is 15.9 Å². The van der Waals surface area contributed by atoms with Crippen LogP contribution >= 0.6 is 11.3 Å². The predicted molar refractivity (Wildman–Crippen MR) is 112 cm³/mol. The zero-order valence-electron chi connectivity index (χ0n) is 15.7. The number of nitrogens with zero attached hydrogens (tertiary/aromatic N) is 1. The molecule has 1 heterocycles. The average Bonchev–Trinajstić information content (AvgIpc) is 3.20. The number of methoxy groups -OCH3 is 1. The van der Waals surface area contributed by atoms with Crippen LogP contribution in [0.25, 0.3) is 17.3 Å². The van der Waals surface area contributed by atoms with E-state index in [4.69, 9.17) is 4.74 Å². The Labute approximate surface area is 171 Å². The van der Waals surface area contributed by atoms with E-state index in [0.29, 0.717) is 22.0 Å². The number of rotatable bonds is 6. The number of hydrogen-bond donors (Lipinski definition) is 2. The van der Waals surface area contributed by atoms with E-state index in [-0.39, 0.29) is 17.6 Å². The lowest BCUT2D eigenvalue weighted by atomic mass is 10.1. The van der Waals surface area contributed by atoms with Crippen molar-refractivity contribution in [1.29, 1.82) is 0 Å². The normalized spacial score (nSPS) is 10.7. The minimum atomic E-state index is -0.478. The van der Waals surface area contributed by atoms with Crippen LogP contribution in [0.15, 0.2) is 53.9 Å². The molecule has 0 aliphatic rings. The maximum atomic E-state index is 13.9. The molecule has 2 amide bonds. The Morgan fingerprint density at radius 2 is 1.93 bits per heavy atom. The molecule has 2 aromatic carbocycles. The summed E-state index contributed by atoms with van der Waals surface area (Å²) in [5.74, 6) is -0.836. The van der Waals surface area contributed by atoms with E-state index in [9.17, 15) is 14.0 Å². The van der Waals surface area contributed by atoms with Gasteiger partial charge in [-0.1, -0.05) is 12.1 Å². The molecule has 0 radical (unpaired) electrons. The Bertz CT molecular complexity index is 1060. The van der Waals surface area contributed by atoms with Gasteiger partial charge in [0.1, 0.15) is 0 Å². The first-order valence-electron chi connectivity index (χ1n) is 8.61. The maximum Gasteiger partial charge on any atom is 0.251 e. The molecule has 148 valence electrons. The number of carbonyl (C=O) groups is 2. The van der Waals surface area contributed by atoms with Crippen LogP contribution in [-0.2, 0) is 4.79 Å². The van der Waals surface area contributed by atoms with Crippen molar-refractivity contribution in [1.82, 2.24) is 10.3 Å². The highest BCUT2D eigenvalue weighted by atomic mass is 32.1. The lowest BCUT2D eigenvalue weighted by molar-refractivity contribution is -0.111. The van der Waals surface area contributed by atoms with Crippen molar-refractivity contribution >= 4 is 34.4 Å². The van der Waals surface area contributed by atoms with Crippen LogP contribution in [0.3, 0.4) is 0 Å². The molecule has 0 saturated carbocycles. The molecule has 8 heteroatoms. The summed E-state index contributed by atoms with van der Waals surface area (Å²) in [5, 5.41) is 7.36. The van der Waals surface area contributed by atoms with Gasteiger partial charge in [0.25, 0.3) is 5.91 Å². The molecule has 0 bridgehead atoms. The molecule has 0 aliphatic carbocycles. The van der Waals surface area contributed by atoms with Crippen molar-refractivity contribution in [2.24, 2.45) is 0 Å². The second-order valence-electron chi connectivity index (χ2n) is 5.91. The number of benzene rings is 2. The summed E-state index contributed by atoms with van der Waals surface area (Å²) >= 11 is 1.24. The van der Waals surface area contributed by atoms with Gasteiger partial charge in [0.2, 0.25) is 5.91 Å². The predicted octanol–water partition coefficient (Wildman–Crippen LogP) is 3.97. The fraction of sp³-hybridized carbons (Fsp3) is 0.0952. The number of aromatic nitrogens is 1. The van der Waals surface area contributed by atoms with Crippen molar-refractivity contribution in [3.8, 4) is 17.0 Å². The molecular weight excluding hydrogens is 393 g/mol. The molecule has 0 saturated heterocycles. The highest BCUT2D eigenvalue weighted by Crippen LogP contribution is 2.28. The molecule has 29 heavy (non-hydrogen) atoms. The average molecular weight is 411 g/mol. The number of nitrogens with one attached hydrogen (secondary N) is 2. The zero-order valence-corrected chi connectivity index (χ0v) is 16.5. The smallest absolute Gasteiger partial charge is 0.251 e. The van der Waals surface area contributed by atoms with E-state index < -0.39 is 5.82 Å². The Kier molecular flexibility index (Phi) is 6.36. The van der Waals surface area contributed by atoms with E-state index in [1.54, 1.807) is 48.8 Å². The second kappa shape index (κ2) is 9.11. The summed E-state index contributed by atoms with van der Waals surface area (Å²) in [6.45, 7) is 0. The first-order chi connectivity index (χ1) is 14.0. The van der Waals surface area contributed by atoms with E-state index in [2.05, 4.69) is 15.6 Å². The van der Waals surface area contributed by atoms with Crippen molar-refractivity contribution < 1.29 is 18.7 Å². The Morgan fingerprint density at radius 1 is 1.17 bits per heavy atom. The van der Waals surface area contributed by atoms with Gasteiger partial charge in [0, 0.05) is 29.6 Å². The quantitative estimate of drug-likeness (QED) is 0.602. The molecule has 3 rings (SSSR count). The molecule has 0 unspecified atom stereocenters. The first-order valence-corrected chi connectivity index (χ1v) is 9.49. The summed E-state index contributed by atoms with van der Waals surface area (Å²) in [5.41, 5.74) is 2.47. The highest BCUT2D eigenvalue weighted by molar-refractivity contribution is 7.14. The molecule has 3 aromatic rings. The van der Waals surface area contributed by atoms with E-state index >= 15 is 0 Å². The number of amides is 2. The van der Waals surface area contributed by atoms with E-state index in [1.165, 1.54) is 36.7 Å². The third-order valence-electron chi connectivity index (χ3n) is 4.01. The van der Waals surface area contributed by atoms with Crippen molar-refractivity contribution in [3.63, 3.8) is 0 Å². The highest BCUT2D eigenvalue weighted by Gasteiger charge is 2.10. The van der Waals surface area contributed by atoms with Crippen molar-refractivity contribution in [2.75, 3.05) is 19.5 Å². The fourth-order valence-corrected chi connectivity index (χ4v) is 3.22. The van der Waals surface area contributed by atoms with Gasteiger partial charge in [-0.05, 0) is 42.0 Å². The monoisotopic (exact) mass is 411 g/mol. The number of halogens is 1. The van der Waals surface area contributed by atoms with Crippen LogP contribution in [0, 0.1) is 5.82 Å². The van der Waals surface area contributed by atoms with Crippen LogP contribution in [0.5, 0.6) is 5.75 Å². The van der Waals surface area contributed by atoms with Crippen molar-refractivity contribution in [2.45, 2.75) is 0 Å². The number of thiazole rings is 1. The van der Waals surface area contributed by atoms with Gasteiger partial charge >= 0.3 is 0 Å². The molecule has 0 aliphatic heterocycles. The molecule has 0 atom stereocenters. The van der Waals surface area contributed by atoms with Gasteiger partial charge in [0.15, 0.2) is 16.7 Å². The second-order valence-corrected chi connectivity index (χ2v) is 6.77. The molecule has 0 fully saturated rings. The maximum absolute atomic E-state index is 13.9. The fourth-order valence-electron chi connectivity index (χ4n) is 2.50. The lowest BCUT2D eigenvalue weighted by Gasteiger charge is -2.03. The number of carbonyl (C=O) groups excluding carboxylic acids is 2. The van der Waals surface area contributed by atoms with Gasteiger partial charge in [-0.15, -0.1) is 11.3 Å². The summed E-state index contributed by atoms with van der Waals surface area (Å²) in [7, 11) is 2.97. The van der Waals surface area contributed by atoms with Crippen LogP contribution in [0.2, 0.25) is 0 Å².